The third kappa shape index (κ3) is 1.16. The second-order valence-corrected chi connectivity index (χ2v) is 3.34. The minimum Gasteiger partial charge on any atom is -0.386 e. The molecule has 5 heteroatoms. The van der Waals surface area contributed by atoms with Crippen LogP contribution in [0.4, 0.5) is 4.39 Å². The molecule has 2 rings (SSSR count). The van der Waals surface area contributed by atoms with Crippen LogP contribution in [-0.2, 0) is 4.74 Å². The molecular formula is C8H2BrFO3. The molecule has 0 saturated heterocycles. The number of ether oxygens (including phenoxy) is 1. The highest BCUT2D eigenvalue weighted by Gasteiger charge is 2.32. The van der Waals surface area contributed by atoms with Gasteiger partial charge >= 0.3 is 11.9 Å². The van der Waals surface area contributed by atoms with Gasteiger partial charge in [0.15, 0.2) is 0 Å². The van der Waals surface area contributed by atoms with E-state index < -0.39 is 17.8 Å². The Balaban J connectivity index is 2.77. The molecule has 0 spiro atoms. The first-order chi connectivity index (χ1) is 6.09. The predicted molar refractivity (Wildman–Crippen MR) is 43.8 cm³/mol. The molecular weight excluding hydrogens is 243 g/mol. The third-order valence-electron chi connectivity index (χ3n) is 1.66. The van der Waals surface area contributed by atoms with Gasteiger partial charge in [-0.05, 0) is 28.1 Å². The lowest BCUT2D eigenvalue weighted by atomic mass is 10.1. The zero-order valence-electron chi connectivity index (χ0n) is 6.14. The smallest absolute Gasteiger partial charge is 0.348 e. The zero-order valence-corrected chi connectivity index (χ0v) is 7.72. The Bertz CT molecular complexity index is 428. The Morgan fingerprint density at radius 2 is 1.92 bits per heavy atom. The van der Waals surface area contributed by atoms with Crippen LogP contribution < -0.4 is 0 Å². The maximum absolute atomic E-state index is 12.8. The summed E-state index contributed by atoms with van der Waals surface area (Å²) in [5, 5.41) is 0. The van der Waals surface area contributed by atoms with Gasteiger partial charge in [-0.1, -0.05) is 0 Å². The maximum atomic E-state index is 12.8. The van der Waals surface area contributed by atoms with Gasteiger partial charge in [0.1, 0.15) is 5.82 Å². The number of rotatable bonds is 0. The molecule has 3 nitrogen and oxygen atoms in total. The van der Waals surface area contributed by atoms with E-state index in [0.717, 1.165) is 12.1 Å². The third-order valence-corrected chi connectivity index (χ3v) is 2.29. The molecule has 0 fully saturated rings. The van der Waals surface area contributed by atoms with Crippen molar-refractivity contribution in [2.24, 2.45) is 0 Å². The average Bonchev–Trinajstić information content (AvgIpc) is 2.27. The summed E-state index contributed by atoms with van der Waals surface area (Å²) in [5.74, 6) is -2.13. The van der Waals surface area contributed by atoms with Gasteiger partial charge in [-0.25, -0.2) is 14.0 Å². The highest BCUT2D eigenvalue weighted by molar-refractivity contribution is 9.10. The number of hydrogen-bond acceptors (Lipinski definition) is 3. The summed E-state index contributed by atoms with van der Waals surface area (Å²) < 4.78 is 17.3. The Labute approximate surface area is 80.6 Å². The minimum atomic E-state index is -0.805. The first-order valence-electron chi connectivity index (χ1n) is 3.35. The molecule has 1 aromatic rings. The Morgan fingerprint density at radius 3 is 2.62 bits per heavy atom. The number of esters is 2. The number of halogens is 2. The Kier molecular flexibility index (Phi) is 1.69. The second-order valence-electron chi connectivity index (χ2n) is 2.49. The summed E-state index contributed by atoms with van der Waals surface area (Å²) >= 11 is 2.97. The van der Waals surface area contributed by atoms with E-state index in [1.807, 2.05) is 0 Å². The maximum Gasteiger partial charge on any atom is 0.348 e. The van der Waals surface area contributed by atoms with Crippen LogP contribution in [0.3, 0.4) is 0 Å². The molecule has 0 aromatic heterocycles. The molecule has 1 aliphatic heterocycles. The average molecular weight is 245 g/mol. The van der Waals surface area contributed by atoms with E-state index in [1.54, 1.807) is 0 Å². The number of carbonyl (C=O) groups excluding carboxylic acids is 2. The molecule has 0 saturated carbocycles. The topological polar surface area (TPSA) is 43.4 Å². The van der Waals surface area contributed by atoms with Gasteiger partial charge in [0.05, 0.1) is 11.1 Å². The lowest BCUT2D eigenvalue weighted by Gasteiger charge is -1.95. The number of cyclic esters (lactones) is 2. The summed E-state index contributed by atoms with van der Waals surface area (Å²) in [6.45, 7) is 0. The summed E-state index contributed by atoms with van der Waals surface area (Å²) in [4.78, 5) is 22.0. The van der Waals surface area contributed by atoms with Gasteiger partial charge in [0, 0.05) is 4.47 Å². The highest BCUT2D eigenvalue weighted by Crippen LogP contribution is 2.28. The molecule has 0 atom stereocenters. The van der Waals surface area contributed by atoms with Gasteiger partial charge in [-0.2, -0.15) is 0 Å². The van der Waals surface area contributed by atoms with Crippen molar-refractivity contribution in [3.63, 3.8) is 0 Å². The van der Waals surface area contributed by atoms with Crippen LogP contribution in [0, 0.1) is 5.82 Å². The zero-order chi connectivity index (χ0) is 9.59. The lowest BCUT2D eigenvalue weighted by Crippen LogP contribution is -1.97. The van der Waals surface area contributed by atoms with Crippen molar-refractivity contribution in [2.45, 2.75) is 0 Å². The van der Waals surface area contributed by atoms with Crippen molar-refractivity contribution in [3.05, 3.63) is 33.5 Å². The van der Waals surface area contributed by atoms with Crippen molar-refractivity contribution >= 4 is 27.9 Å². The predicted octanol–water partition coefficient (Wildman–Crippen LogP) is 1.90. The highest BCUT2D eigenvalue weighted by atomic mass is 79.9. The monoisotopic (exact) mass is 244 g/mol. The van der Waals surface area contributed by atoms with E-state index >= 15 is 0 Å². The van der Waals surface area contributed by atoms with Gasteiger partial charge in [-0.15, -0.1) is 0 Å². The first-order valence-corrected chi connectivity index (χ1v) is 4.14. The molecule has 0 bridgehead atoms. The summed E-state index contributed by atoms with van der Waals surface area (Å²) in [5.41, 5.74) is 0.0586. The molecule has 1 aliphatic rings. The molecule has 0 unspecified atom stereocenters. The van der Waals surface area contributed by atoms with Gasteiger partial charge < -0.3 is 4.74 Å². The number of hydrogen-bond donors (Lipinski definition) is 0. The van der Waals surface area contributed by atoms with Crippen LogP contribution in [-0.4, -0.2) is 11.9 Å². The minimum absolute atomic E-state index is 0.0307. The summed E-state index contributed by atoms with van der Waals surface area (Å²) in [7, 11) is 0. The van der Waals surface area contributed by atoms with Crippen LogP contribution in [0.1, 0.15) is 20.7 Å². The standard InChI is InChI=1S/C8H2BrFO3/c9-5-2-3(10)1-4-6(5)8(12)13-7(4)11/h1-2H. The first kappa shape index (κ1) is 8.37. The van der Waals surface area contributed by atoms with E-state index in [-0.39, 0.29) is 15.6 Å². The fourth-order valence-electron chi connectivity index (χ4n) is 1.13. The van der Waals surface area contributed by atoms with Crippen molar-refractivity contribution < 1.29 is 18.7 Å². The SMILES string of the molecule is O=C1OC(=O)c2c(Br)cc(F)cc21. The summed E-state index contributed by atoms with van der Waals surface area (Å²) in [6.07, 6.45) is 0. The molecule has 13 heavy (non-hydrogen) atoms. The fourth-order valence-corrected chi connectivity index (χ4v) is 1.73. The molecule has 0 N–H and O–H groups in total. The molecule has 1 heterocycles. The molecule has 1 aromatic carbocycles. The van der Waals surface area contributed by atoms with E-state index in [1.165, 1.54) is 0 Å². The normalized spacial score (nSPS) is 14.3. The Morgan fingerprint density at radius 1 is 1.23 bits per heavy atom. The van der Waals surface area contributed by atoms with E-state index in [0.29, 0.717) is 0 Å². The van der Waals surface area contributed by atoms with Gasteiger partial charge in [0.25, 0.3) is 0 Å². The molecule has 0 amide bonds. The largest absolute Gasteiger partial charge is 0.386 e. The number of benzene rings is 1. The quantitative estimate of drug-likeness (QED) is 0.517. The second kappa shape index (κ2) is 2.63. The van der Waals surface area contributed by atoms with E-state index in [2.05, 4.69) is 20.7 Å². The number of carbonyl (C=O) groups is 2. The van der Waals surface area contributed by atoms with E-state index in [4.69, 9.17) is 0 Å². The van der Waals surface area contributed by atoms with E-state index in [9.17, 15) is 14.0 Å². The lowest BCUT2D eigenvalue weighted by molar-refractivity contribution is 0.0443. The van der Waals surface area contributed by atoms with Gasteiger partial charge in [0.2, 0.25) is 0 Å². The van der Waals surface area contributed by atoms with Crippen LogP contribution in [0.25, 0.3) is 0 Å². The van der Waals surface area contributed by atoms with Crippen molar-refractivity contribution in [1.29, 1.82) is 0 Å². The molecule has 66 valence electrons. The van der Waals surface area contributed by atoms with Crippen LogP contribution in [0.15, 0.2) is 16.6 Å². The molecule has 0 radical (unpaired) electrons. The van der Waals surface area contributed by atoms with Gasteiger partial charge in [-0.3, -0.25) is 0 Å². The fraction of sp³-hybridized carbons (Fsp3) is 0. The van der Waals surface area contributed by atoms with Crippen LogP contribution in [0.5, 0.6) is 0 Å². The summed E-state index contributed by atoms with van der Waals surface area (Å²) in [6, 6.07) is 2.09. The number of fused-ring (bicyclic) bond motifs is 1. The van der Waals surface area contributed by atoms with Crippen molar-refractivity contribution in [2.75, 3.05) is 0 Å². The molecule has 0 aliphatic carbocycles. The van der Waals surface area contributed by atoms with Crippen LogP contribution >= 0.6 is 15.9 Å². The Hall–Kier alpha value is -1.23. The van der Waals surface area contributed by atoms with Crippen LogP contribution in [0.2, 0.25) is 0 Å². The van der Waals surface area contributed by atoms with Crippen molar-refractivity contribution in [1.82, 2.24) is 0 Å². The van der Waals surface area contributed by atoms with Crippen molar-refractivity contribution in [3.8, 4) is 0 Å².